The summed E-state index contributed by atoms with van der Waals surface area (Å²) in [5.41, 5.74) is 0. The summed E-state index contributed by atoms with van der Waals surface area (Å²) in [7, 11) is 0.358. The van der Waals surface area contributed by atoms with Gasteiger partial charge in [-0.05, 0) is 30.6 Å². The molecule has 0 aromatic rings. The van der Waals surface area contributed by atoms with Gasteiger partial charge in [-0.3, -0.25) is 0 Å². The van der Waals surface area contributed by atoms with Gasteiger partial charge >= 0.3 is 8.56 Å². The van der Waals surface area contributed by atoms with Crippen LogP contribution in [0.15, 0.2) is 0 Å². The quantitative estimate of drug-likeness (QED) is 0.660. The van der Waals surface area contributed by atoms with Crippen LogP contribution >= 0.6 is 0 Å². The van der Waals surface area contributed by atoms with E-state index in [-0.39, 0.29) is 0 Å². The first kappa shape index (κ1) is 20.3. The van der Waals surface area contributed by atoms with E-state index < -0.39 is 16.8 Å². The Morgan fingerprint density at radius 1 is 0.909 bits per heavy atom. The summed E-state index contributed by atoms with van der Waals surface area (Å²) < 4.78 is 13.9. The largest absolute Gasteiger partial charge is 0.398 e. The highest BCUT2D eigenvalue weighted by Gasteiger charge is 2.41. The first-order chi connectivity index (χ1) is 10.1. The van der Waals surface area contributed by atoms with Crippen molar-refractivity contribution in [2.24, 2.45) is 0 Å². The summed E-state index contributed by atoms with van der Waals surface area (Å²) in [5, 5.41) is 0.444. The van der Waals surface area contributed by atoms with Crippen molar-refractivity contribution in [3.8, 4) is 0 Å². The fourth-order valence-corrected chi connectivity index (χ4v) is 6.56. The fraction of sp³-hybridized carbons (Fsp3) is 1.00. The number of nitrogens with zero attached hydrogens (tertiary/aromatic N) is 2. The average Bonchev–Trinajstić information content (AvgIpc) is 2.46. The third-order valence-electron chi connectivity index (χ3n) is 5.97. The standard InChI is InChI=1S/C16H38N2O2Si2/c1-16(2,3)21(6,7)18-13-11-17(12-14-18)10-9-15-22(8,19-4)20-5/h9-15H2,1-8H3. The van der Waals surface area contributed by atoms with E-state index in [2.05, 4.69) is 49.9 Å². The molecule has 0 saturated carbocycles. The van der Waals surface area contributed by atoms with Gasteiger partial charge in [-0.15, -0.1) is 0 Å². The third kappa shape index (κ3) is 5.14. The molecule has 22 heavy (non-hydrogen) atoms. The minimum absolute atomic E-state index is 0.444. The highest BCUT2D eigenvalue weighted by molar-refractivity contribution is 6.77. The number of piperazine rings is 1. The molecule has 1 rings (SSSR count). The maximum Gasteiger partial charge on any atom is 0.334 e. The summed E-state index contributed by atoms with van der Waals surface area (Å²) in [5.74, 6) is 0. The summed E-state index contributed by atoms with van der Waals surface area (Å²) in [6.45, 7) is 20.5. The van der Waals surface area contributed by atoms with Gasteiger partial charge in [0.1, 0.15) is 8.24 Å². The van der Waals surface area contributed by atoms with E-state index in [1.165, 1.54) is 39.1 Å². The topological polar surface area (TPSA) is 24.9 Å². The van der Waals surface area contributed by atoms with Crippen molar-refractivity contribution >= 4 is 16.8 Å². The molecular formula is C16H38N2O2Si2. The van der Waals surface area contributed by atoms with Crippen LogP contribution in [0.3, 0.4) is 0 Å². The molecule has 0 spiro atoms. The molecule has 0 aliphatic carbocycles. The zero-order valence-corrected chi connectivity index (χ0v) is 18.2. The number of hydrogen-bond acceptors (Lipinski definition) is 4. The van der Waals surface area contributed by atoms with Gasteiger partial charge < -0.3 is 18.3 Å². The Balaban J connectivity index is 2.38. The second-order valence-corrected chi connectivity index (χ2v) is 17.1. The molecular weight excluding hydrogens is 308 g/mol. The van der Waals surface area contributed by atoms with Crippen LogP contribution in [0.1, 0.15) is 27.2 Å². The zero-order valence-electron chi connectivity index (χ0n) is 16.2. The average molecular weight is 347 g/mol. The fourth-order valence-electron chi connectivity index (χ4n) is 2.92. The van der Waals surface area contributed by atoms with E-state index in [9.17, 15) is 0 Å². The lowest BCUT2D eigenvalue weighted by Crippen LogP contribution is -2.61. The van der Waals surface area contributed by atoms with Crippen LogP contribution in [-0.2, 0) is 8.85 Å². The van der Waals surface area contributed by atoms with Crippen LogP contribution in [0.2, 0.25) is 30.7 Å². The van der Waals surface area contributed by atoms with E-state index in [1.54, 1.807) is 14.2 Å². The Morgan fingerprint density at radius 3 is 1.82 bits per heavy atom. The van der Waals surface area contributed by atoms with Crippen LogP contribution < -0.4 is 0 Å². The second kappa shape index (κ2) is 7.90. The van der Waals surface area contributed by atoms with Crippen molar-refractivity contribution in [3.63, 3.8) is 0 Å². The van der Waals surface area contributed by atoms with E-state index >= 15 is 0 Å². The molecule has 0 radical (unpaired) electrons. The van der Waals surface area contributed by atoms with Gasteiger partial charge in [0.05, 0.1) is 0 Å². The maximum atomic E-state index is 5.57. The predicted molar refractivity (Wildman–Crippen MR) is 100 cm³/mol. The van der Waals surface area contributed by atoms with Crippen molar-refractivity contribution < 1.29 is 8.85 Å². The molecule has 0 atom stereocenters. The smallest absolute Gasteiger partial charge is 0.334 e. The Kier molecular flexibility index (Phi) is 7.29. The molecule has 0 unspecified atom stereocenters. The zero-order chi connectivity index (χ0) is 17.0. The van der Waals surface area contributed by atoms with E-state index in [0.29, 0.717) is 5.04 Å². The highest BCUT2D eigenvalue weighted by Crippen LogP contribution is 2.38. The molecule has 1 aliphatic rings. The predicted octanol–water partition coefficient (Wildman–Crippen LogP) is 3.36. The molecule has 6 heteroatoms. The minimum Gasteiger partial charge on any atom is -0.398 e. The lowest BCUT2D eigenvalue weighted by Gasteiger charge is -2.49. The van der Waals surface area contributed by atoms with Gasteiger partial charge in [-0.1, -0.05) is 33.9 Å². The molecule has 0 aromatic heterocycles. The molecule has 1 saturated heterocycles. The van der Waals surface area contributed by atoms with Gasteiger partial charge in [-0.25, -0.2) is 0 Å². The molecule has 132 valence electrons. The Hall–Kier alpha value is 0.274. The first-order valence-electron chi connectivity index (χ1n) is 8.63. The van der Waals surface area contributed by atoms with Crippen molar-refractivity contribution in [2.75, 3.05) is 46.9 Å². The second-order valence-electron chi connectivity index (χ2n) is 8.28. The minimum atomic E-state index is -1.88. The van der Waals surface area contributed by atoms with Crippen LogP contribution in [0.4, 0.5) is 0 Å². The van der Waals surface area contributed by atoms with Crippen LogP contribution in [-0.4, -0.2) is 73.2 Å². The summed E-state index contributed by atoms with van der Waals surface area (Å²) in [6.07, 6.45) is 1.19. The van der Waals surface area contributed by atoms with Gasteiger partial charge in [0.2, 0.25) is 0 Å². The van der Waals surface area contributed by atoms with Crippen LogP contribution in [0.5, 0.6) is 0 Å². The number of hydrogen-bond donors (Lipinski definition) is 0. The molecule has 1 fully saturated rings. The maximum absolute atomic E-state index is 5.57. The Morgan fingerprint density at radius 2 is 1.41 bits per heavy atom. The first-order valence-corrected chi connectivity index (χ1v) is 14.1. The van der Waals surface area contributed by atoms with Crippen molar-refractivity contribution in [3.05, 3.63) is 0 Å². The Bertz CT molecular complexity index is 334. The van der Waals surface area contributed by atoms with Gasteiger partial charge in [-0.2, -0.15) is 0 Å². The third-order valence-corrected chi connectivity index (χ3v) is 14.7. The van der Waals surface area contributed by atoms with Gasteiger partial charge in [0, 0.05) is 40.4 Å². The highest BCUT2D eigenvalue weighted by atomic mass is 28.4. The van der Waals surface area contributed by atoms with E-state index in [0.717, 1.165) is 6.04 Å². The monoisotopic (exact) mass is 346 g/mol. The normalized spacial score (nSPS) is 19.6. The van der Waals surface area contributed by atoms with Crippen molar-refractivity contribution in [1.29, 1.82) is 0 Å². The molecule has 1 aliphatic heterocycles. The van der Waals surface area contributed by atoms with Crippen LogP contribution in [0.25, 0.3) is 0 Å². The summed E-state index contributed by atoms with van der Waals surface area (Å²) >= 11 is 0. The number of rotatable bonds is 7. The van der Waals surface area contributed by atoms with Crippen molar-refractivity contribution in [2.45, 2.75) is 57.9 Å². The van der Waals surface area contributed by atoms with E-state index in [1.807, 2.05) is 0 Å². The molecule has 1 heterocycles. The van der Waals surface area contributed by atoms with E-state index in [4.69, 9.17) is 8.85 Å². The van der Waals surface area contributed by atoms with Gasteiger partial charge in [0.25, 0.3) is 0 Å². The molecule has 0 bridgehead atoms. The molecule has 0 N–H and O–H groups in total. The lowest BCUT2D eigenvalue weighted by molar-refractivity contribution is 0.177. The summed E-state index contributed by atoms with van der Waals surface area (Å²) in [6, 6.07) is 1.09. The summed E-state index contributed by atoms with van der Waals surface area (Å²) in [4.78, 5) is 2.61. The molecule has 4 nitrogen and oxygen atoms in total. The van der Waals surface area contributed by atoms with Gasteiger partial charge in [0.15, 0.2) is 0 Å². The molecule has 0 aromatic carbocycles. The Labute approximate surface area is 140 Å². The van der Waals surface area contributed by atoms with Crippen LogP contribution in [0, 0.1) is 0 Å². The molecule has 0 amide bonds. The SMILES string of the molecule is CO[Si](C)(CCCN1CCN([Si](C)(C)C(C)(C)C)CC1)OC. The van der Waals surface area contributed by atoms with Crippen molar-refractivity contribution in [1.82, 2.24) is 9.47 Å². The lowest BCUT2D eigenvalue weighted by atomic mass is 10.2.